The van der Waals surface area contributed by atoms with Gasteiger partial charge in [-0.1, -0.05) is 58.8 Å². The number of likely N-dealkylation sites (N-methyl/N-ethyl adjacent to an activating group) is 1. The molecule has 0 fully saturated rings. The zero-order valence-corrected chi connectivity index (χ0v) is 22.2. The highest BCUT2D eigenvalue weighted by Crippen LogP contribution is 2.38. The molecule has 0 aliphatic carbocycles. The van der Waals surface area contributed by atoms with Crippen molar-refractivity contribution >= 4 is 19.8 Å². The van der Waals surface area contributed by atoms with Gasteiger partial charge in [-0.15, -0.1) is 0 Å². The summed E-state index contributed by atoms with van der Waals surface area (Å²) in [5.74, 6) is -0.873. The molecule has 0 saturated heterocycles. The number of nitrogens with zero attached hydrogens (tertiary/aromatic N) is 1. The topological polar surface area (TPSA) is 111 Å². The first-order valence-electron chi connectivity index (χ1n) is 12.2. The average Bonchev–Trinajstić information content (AvgIpc) is 2.72. The summed E-state index contributed by atoms with van der Waals surface area (Å²) in [4.78, 5) is 36.2. The van der Waals surface area contributed by atoms with Gasteiger partial charge < -0.3 is 27.9 Å². The van der Waals surface area contributed by atoms with Crippen molar-refractivity contribution < 1.29 is 42.1 Å². The summed E-state index contributed by atoms with van der Waals surface area (Å²) < 4.78 is 32.9. The molecule has 0 aromatic heterocycles. The van der Waals surface area contributed by atoms with Crippen molar-refractivity contribution in [1.29, 1.82) is 0 Å². The highest BCUT2D eigenvalue weighted by Gasteiger charge is 2.21. The second-order valence-electron chi connectivity index (χ2n) is 9.36. The molecule has 0 aliphatic rings. The number of ether oxygens (including phenoxy) is 2. The zero-order valence-electron chi connectivity index (χ0n) is 21.3. The van der Waals surface area contributed by atoms with E-state index in [1.807, 2.05) is 21.1 Å². The van der Waals surface area contributed by atoms with Gasteiger partial charge in [0, 0.05) is 12.8 Å². The monoisotopic (exact) mass is 495 g/mol. The van der Waals surface area contributed by atoms with Crippen LogP contribution in [0.1, 0.15) is 84.5 Å². The second-order valence-corrected chi connectivity index (χ2v) is 10.8. The largest absolute Gasteiger partial charge is 0.756 e. The fourth-order valence-electron chi connectivity index (χ4n) is 2.83. The number of quaternary nitrogens is 1. The third-order valence-electron chi connectivity index (χ3n) is 4.88. The summed E-state index contributed by atoms with van der Waals surface area (Å²) in [5.41, 5.74) is 0. The van der Waals surface area contributed by atoms with Gasteiger partial charge in [0.15, 0.2) is 6.10 Å². The number of unbranched alkanes of at least 4 members (excludes halogenated alkanes) is 7. The van der Waals surface area contributed by atoms with Crippen LogP contribution >= 0.6 is 7.82 Å². The minimum Gasteiger partial charge on any atom is -0.756 e. The number of phosphoric ester groups is 1. The van der Waals surface area contributed by atoms with Crippen LogP contribution in [0.3, 0.4) is 0 Å². The molecule has 0 aromatic rings. The first-order valence-corrected chi connectivity index (χ1v) is 13.7. The second kappa shape index (κ2) is 18.4. The summed E-state index contributed by atoms with van der Waals surface area (Å²) in [6, 6.07) is 0. The lowest BCUT2D eigenvalue weighted by Crippen LogP contribution is -2.37. The van der Waals surface area contributed by atoms with Crippen molar-refractivity contribution in [2.45, 2.75) is 90.6 Å². The summed E-state index contributed by atoms with van der Waals surface area (Å²) in [6.45, 7) is 3.93. The molecule has 196 valence electrons. The van der Waals surface area contributed by atoms with E-state index in [-0.39, 0.29) is 26.1 Å². The third-order valence-corrected chi connectivity index (χ3v) is 5.84. The van der Waals surface area contributed by atoms with Crippen LogP contribution in [0.15, 0.2) is 0 Å². The molecule has 0 aliphatic heterocycles. The van der Waals surface area contributed by atoms with Gasteiger partial charge in [0.25, 0.3) is 7.82 Å². The highest BCUT2D eigenvalue weighted by molar-refractivity contribution is 7.45. The highest BCUT2D eigenvalue weighted by atomic mass is 31.2. The number of carbonyl (C=O) groups excluding carboxylic acids is 2. The van der Waals surface area contributed by atoms with Gasteiger partial charge in [-0.25, -0.2) is 0 Å². The minimum absolute atomic E-state index is 0.0286. The van der Waals surface area contributed by atoms with Gasteiger partial charge in [0.2, 0.25) is 0 Å². The molecule has 2 unspecified atom stereocenters. The van der Waals surface area contributed by atoms with Crippen LogP contribution in [0.2, 0.25) is 0 Å². The van der Waals surface area contributed by atoms with Crippen LogP contribution in [0.5, 0.6) is 0 Å². The molecule has 0 aromatic carbocycles. The summed E-state index contributed by atoms with van der Waals surface area (Å²) in [5, 5.41) is 0. The minimum atomic E-state index is -4.57. The molecule has 0 bridgehead atoms. The van der Waals surface area contributed by atoms with Crippen molar-refractivity contribution in [3.63, 3.8) is 0 Å². The van der Waals surface area contributed by atoms with Crippen molar-refractivity contribution in [2.24, 2.45) is 0 Å². The summed E-state index contributed by atoms with van der Waals surface area (Å²) >= 11 is 0. The van der Waals surface area contributed by atoms with E-state index in [4.69, 9.17) is 18.5 Å². The lowest BCUT2D eigenvalue weighted by molar-refractivity contribution is -0.870. The summed E-state index contributed by atoms with van der Waals surface area (Å²) in [6.07, 6.45) is 8.16. The Hall–Kier alpha value is -0.990. The van der Waals surface area contributed by atoms with Crippen molar-refractivity contribution in [1.82, 2.24) is 0 Å². The van der Waals surface area contributed by atoms with Crippen molar-refractivity contribution in [2.75, 3.05) is 47.5 Å². The number of carbonyl (C=O) groups is 2. The average molecular weight is 496 g/mol. The summed E-state index contributed by atoms with van der Waals surface area (Å²) in [7, 11) is 1.16. The maximum atomic E-state index is 12.1. The molecule has 0 saturated carbocycles. The molecule has 0 rings (SSSR count). The number of hydrogen-bond donors (Lipinski definition) is 0. The molecular weight excluding hydrogens is 449 g/mol. The predicted molar refractivity (Wildman–Crippen MR) is 125 cm³/mol. The maximum Gasteiger partial charge on any atom is 0.306 e. The van der Waals surface area contributed by atoms with E-state index in [0.29, 0.717) is 17.4 Å². The lowest BCUT2D eigenvalue weighted by Gasteiger charge is -2.28. The molecular formula is C23H46NO8P. The Bertz CT molecular complexity index is 579. The van der Waals surface area contributed by atoms with Crippen LogP contribution < -0.4 is 4.89 Å². The van der Waals surface area contributed by atoms with E-state index in [1.165, 1.54) is 0 Å². The molecule has 0 amide bonds. The Labute approximate surface area is 200 Å². The molecule has 0 spiro atoms. The normalized spacial score (nSPS) is 14.5. The zero-order chi connectivity index (χ0) is 25.2. The fourth-order valence-corrected chi connectivity index (χ4v) is 3.55. The van der Waals surface area contributed by atoms with Gasteiger partial charge in [0.05, 0.1) is 27.7 Å². The SMILES string of the molecule is CCCCCCCC(=O)OCC(COP(=O)([O-])OCC[N+](C)(C)C)OC(=O)CCCCCC. The molecule has 0 radical (unpaired) electrons. The van der Waals surface area contributed by atoms with Crippen LogP contribution in [0, 0.1) is 0 Å². The van der Waals surface area contributed by atoms with E-state index < -0.39 is 32.5 Å². The van der Waals surface area contributed by atoms with Gasteiger partial charge in [-0.3, -0.25) is 14.2 Å². The molecule has 0 N–H and O–H groups in total. The first-order chi connectivity index (χ1) is 15.5. The Morgan fingerprint density at radius 2 is 1.36 bits per heavy atom. The van der Waals surface area contributed by atoms with E-state index in [1.54, 1.807) is 0 Å². The van der Waals surface area contributed by atoms with Gasteiger partial charge in [-0.05, 0) is 12.8 Å². The van der Waals surface area contributed by atoms with Gasteiger partial charge >= 0.3 is 11.9 Å². The maximum absolute atomic E-state index is 12.1. The smallest absolute Gasteiger partial charge is 0.306 e. The Balaban J connectivity index is 4.62. The third kappa shape index (κ3) is 21.3. The van der Waals surface area contributed by atoms with Crippen LogP contribution in [-0.2, 0) is 32.7 Å². The number of phosphoric acid groups is 1. The van der Waals surface area contributed by atoms with Crippen LogP contribution in [-0.4, -0.2) is 70.0 Å². The number of esters is 2. The quantitative estimate of drug-likeness (QED) is 0.102. The Morgan fingerprint density at radius 1 is 0.818 bits per heavy atom. The Kier molecular flexibility index (Phi) is 17.8. The number of hydrogen-bond acceptors (Lipinski definition) is 8. The fraction of sp³-hybridized carbons (Fsp3) is 0.913. The molecule has 0 heterocycles. The van der Waals surface area contributed by atoms with E-state index in [2.05, 4.69) is 13.8 Å². The standard InChI is InChI=1S/C23H46NO8P/c1-6-8-10-12-14-15-22(25)29-19-21(32-23(26)16-13-11-9-7-2)20-31-33(27,28)30-18-17-24(3,4)5/h21H,6-20H2,1-5H3. The first kappa shape index (κ1) is 32.0. The lowest BCUT2D eigenvalue weighted by atomic mass is 10.1. The van der Waals surface area contributed by atoms with E-state index >= 15 is 0 Å². The van der Waals surface area contributed by atoms with Crippen LogP contribution in [0.25, 0.3) is 0 Å². The van der Waals surface area contributed by atoms with E-state index in [0.717, 1.165) is 51.4 Å². The molecule has 2 atom stereocenters. The van der Waals surface area contributed by atoms with Crippen LogP contribution in [0.4, 0.5) is 0 Å². The Morgan fingerprint density at radius 3 is 1.94 bits per heavy atom. The van der Waals surface area contributed by atoms with E-state index in [9.17, 15) is 19.0 Å². The molecule has 9 nitrogen and oxygen atoms in total. The number of rotatable bonds is 21. The van der Waals surface area contributed by atoms with Crippen molar-refractivity contribution in [3.8, 4) is 0 Å². The van der Waals surface area contributed by atoms with Gasteiger partial charge in [-0.2, -0.15) is 0 Å². The molecule has 10 heteroatoms. The predicted octanol–water partition coefficient (Wildman–Crippen LogP) is 3.98. The van der Waals surface area contributed by atoms with Crippen molar-refractivity contribution in [3.05, 3.63) is 0 Å². The van der Waals surface area contributed by atoms with Gasteiger partial charge in [0.1, 0.15) is 19.8 Å². The molecule has 33 heavy (non-hydrogen) atoms.